The lowest BCUT2D eigenvalue weighted by atomic mass is 9.71. The molecule has 0 bridgehead atoms. The molecular formula is C23H26F3N5O2. The zero-order valence-corrected chi connectivity index (χ0v) is 18.3. The van der Waals surface area contributed by atoms with Crippen LogP contribution in [0.15, 0.2) is 30.6 Å². The van der Waals surface area contributed by atoms with Gasteiger partial charge in [0.05, 0.1) is 23.4 Å². The van der Waals surface area contributed by atoms with E-state index in [2.05, 4.69) is 5.10 Å². The molecule has 1 aromatic carbocycles. The average molecular weight is 461 g/mol. The van der Waals surface area contributed by atoms with Gasteiger partial charge < -0.3 is 14.9 Å². The summed E-state index contributed by atoms with van der Waals surface area (Å²) in [6.45, 7) is 4.01. The Bertz CT molecular complexity index is 1070. The fourth-order valence-corrected chi connectivity index (χ4v) is 5.10. The van der Waals surface area contributed by atoms with E-state index in [0.29, 0.717) is 44.7 Å². The first-order chi connectivity index (χ1) is 15.6. The van der Waals surface area contributed by atoms with Gasteiger partial charge >= 0.3 is 6.18 Å². The second kappa shape index (κ2) is 8.71. The number of benzene rings is 1. The summed E-state index contributed by atoms with van der Waals surface area (Å²) in [6.07, 6.45) is 0.213. The van der Waals surface area contributed by atoms with Gasteiger partial charge in [0.2, 0.25) is 5.91 Å². The number of hydrogen-bond acceptors (Lipinski definition) is 5. The first-order valence-electron chi connectivity index (χ1n) is 10.9. The third-order valence-corrected chi connectivity index (χ3v) is 7.00. The van der Waals surface area contributed by atoms with Crippen molar-refractivity contribution in [1.29, 1.82) is 5.26 Å². The molecule has 1 unspecified atom stereocenters. The molecule has 2 aliphatic heterocycles. The third-order valence-electron chi connectivity index (χ3n) is 7.00. The van der Waals surface area contributed by atoms with Crippen molar-refractivity contribution in [2.24, 2.45) is 11.3 Å². The summed E-state index contributed by atoms with van der Waals surface area (Å²) in [4.78, 5) is 16.5. The van der Waals surface area contributed by atoms with Crippen LogP contribution in [0.4, 0.5) is 18.9 Å². The Hall–Kier alpha value is -3.06. The normalized spacial score (nSPS) is 20.3. The van der Waals surface area contributed by atoms with Crippen LogP contribution in [0.2, 0.25) is 0 Å². The number of carbonyl (C=O) groups excluding carboxylic acids is 1. The van der Waals surface area contributed by atoms with Crippen LogP contribution in [0, 0.1) is 29.6 Å². The van der Waals surface area contributed by atoms with Crippen molar-refractivity contribution in [2.45, 2.75) is 32.5 Å². The van der Waals surface area contributed by atoms with Gasteiger partial charge in [0.25, 0.3) is 0 Å². The fraction of sp³-hybridized carbons (Fsp3) is 0.522. The van der Waals surface area contributed by atoms with Crippen molar-refractivity contribution in [3.05, 3.63) is 47.3 Å². The minimum absolute atomic E-state index is 0.0419. The second-order valence-electron chi connectivity index (χ2n) is 9.06. The number of alkyl halides is 3. The fourth-order valence-electron chi connectivity index (χ4n) is 5.10. The lowest BCUT2D eigenvalue weighted by Gasteiger charge is -2.43. The summed E-state index contributed by atoms with van der Waals surface area (Å²) >= 11 is 0. The summed E-state index contributed by atoms with van der Waals surface area (Å²) in [6, 6.07) is 5.41. The number of nitrogens with zero attached hydrogens (tertiary/aromatic N) is 5. The molecule has 0 saturated carbocycles. The highest BCUT2D eigenvalue weighted by Gasteiger charge is 2.49. The molecule has 1 aromatic heterocycles. The molecule has 176 valence electrons. The molecule has 1 N–H and O–H groups in total. The minimum Gasteiger partial charge on any atom is -0.396 e. The number of carbonyl (C=O) groups is 1. The van der Waals surface area contributed by atoms with E-state index in [4.69, 9.17) is 5.26 Å². The van der Waals surface area contributed by atoms with E-state index in [0.717, 1.165) is 11.6 Å². The highest BCUT2D eigenvalue weighted by atomic mass is 19.4. The Labute approximate surface area is 190 Å². The number of anilines is 1. The van der Waals surface area contributed by atoms with Gasteiger partial charge in [-0.1, -0.05) is 0 Å². The summed E-state index contributed by atoms with van der Waals surface area (Å²) in [5.41, 5.74) is -0.185. The first-order valence-corrected chi connectivity index (χ1v) is 10.9. The molecule has 7 nitrogen and oxygen atoms in total. The molecule has 2 aliphatic rings. The van der Waals surface area contributed by atoms with Gasteiger partial charge in [0.15, 0.2) is 0 Å². The molecule has 0 radical (unpaired) electrons. The summed E-state index contributed by atoms with van der Waals surface area (Å²) in [5, 5.41) is 23.2. The van der Waals surface area contributed by atoms with E-state index >= 15 is 0 Å². The van der Waals surface area contributed by atoms with Gasteiger partial charge in [-0.25, -0.2) is 0 Å². The highest BCUT2D eigenvalue weighted by molar-refractivity contribution is 5.76. The number of rotatable bonds is 4. The average Bonchev–Trinajstić information content (AvgIpc) is 3.36. The van der Waals surface area contributed by atoms with Crippen LogP contribution in [0.3, 0.4) is 0 Å². The Kier molecular flexibility index (Phi) is 6.10. The molecule has 0 aliphatic carbocycles. The Morgan fingerprint density at radius 3 is 2.64 bits per heavy atom. The van der Waals surface area contributed by atoms with E-state index in [9.17, 15) is 23.1 Å². The SMILES string of the molecule is Cc1cnn(CC(=O)N2CC(CO)C3(CCN(c4ccc(C#N)c(C(F)(F)F)c4)CC3)C2)c1. The minimum atomic E-state index is -4.60. The molecular weight excluding hydrogens is 435 g/mol. The zero-order chi connectivity index (χ0) is 23.8. The molecule has 1 spiro atoms. The van der Waals surface area contributed by atoms with E-state index < -0.39 is 17.3 Å². The molecule has 2 saturated heterocycles. The highest BCUT2D eigenvalue weighted by Crippen LogP contribution is 2.45. The van der Waals surface area contributed by atoms with Crippen LogP contribution in [0.25, 0.3) is 0 Å². The van der Waals surface area contributed by atoms with Crippen LogP contribution >= 0.6 is 0 Å². The smallest absolute Gasteiger partial charge is 0.396 e. The van der Waals surface area contributed by atoms with Crippen molar-refractivity contribution < 1.29 is 23.1 Å². The predicted octanol–water partition coefficient (Wildman–Crippen LogP) is 2.82. The molecule has 1 atom stereocenters. The summed E-state index contributed by atoms with van der Waals surface area (Å²) in [5.74, 6) is -0.132. The number of hydrogen-bond donors (Lipinski definition) is 1. The van der Waals surface area contributed by atoms with Crippen molar-refractivity contribution in [1.82, 2.24) is 14.7 Å². The van der Waals surface area contributed by atoms with Gasteiger partial charge in [-0.3, -0.25) is 9.48 Å². The Balaban J connectivity index is 1.45. The Morgan fingerprint density at radius 2 is 2.06 bits per heavy atom. The maximum atomic E-state index is 13.4. The number of halogens is 3. The van der Waals surface area contributed by atoms with E-state index in [-0.39, 0.29) is 30.4 Å². The van der Waals surface area contributed by atoms with Gasteiger partial charge in [0.1, 0.15) is 6.54 Å². The third kappa shape index (κ3) is 4.55. The monoisotopic (exact) mass is 461 g/mol. The number of aryl methyl sites for hydroxylation is 1. The lowest BCUT2D eigenvalue weighted by Crippen LogP contribution is -2.45. The van der Waals surface area contributed by atoms with Crippen LogP contribution in [-0.4, -0.2) is 58.5 Å². The number of piperidine rings is 1. The summed E-state index contributed by atoms with van der Waals surface area (Å²) < 4.78 is 41.7. The maximum Gasteiger partial charge on any atom is 0.417 e. The number of amides is 1. The largest absolute Gasteiger partial charge is 0.417 e. The lowest BCUT2D eigenvalue weighted by molar-refractivity contribution is -0.137. The standard InChI is InChI=1S/C23H26F3N5O2/c1-16-10-28-31(11-16)13-21(33)30-12-18(14-32)22(15-30)4-6-29(7-5-22)19-3-2-17(9-27)20(8-19)23(24,25)26/h2-3,8,10-11,18,32H,4-7,12-15H2,1H3. The second-order valence-corrected chi connectivity index (χ2v) is 9.06. The van der Waals surface area contributed by atoms with Crippen LogP contribution in [0.5, 0.6) is 0 Å². The Morgan fingerprint density at radius 1 is 1.33 bits per heavy atom. The molecule has 3 heterocycles. The number of aliphatic hydroxyl groups excluding tert-OH is 1. The topological polar surface area (TPSA) is 85.4 Å². The van der Waals surface area contributed by atoms with Gasteiger partial charge in [0, 0.05) is 50.6 Å². The van der Waals surface area contributed by atoms with Crippen LogP contribution in [-0.2, 0) is 17.5 Å². The van der Waals surface area contributed by atoms with Crippen molar-refractivity contribution in [3.8, 4) is 6.07 Å². The maximum absolute atomic E-state index is 13.4. The zero-order valence-electron chi connectivity index (χ0n) is 18.3. The molecule has 2 aromatic rings. The molecule has 4 rings (SSSR count). The first kappa shape index (κ1) is 23.1. The molecule has 10 heteroatoms. The molecule has 33 heavy (non-hydrogen) atoms. The quantitative estimate of drug-likeness (QED) is 0.757. The number of aromatic nitrogens is 2. The number of nitriles is 1. The number of aliphatic hydroxyl groups is 1. The van der Waals surface area contributed by atoms with Gasteiger partial charge in [-0.2, -0.15) is 23.5 Å². The van der Waals surface area contributed by atoms with E-state index in [1.54, 1.807) is 34.1 Å². The predicted molar refractivity (Wildman–Crippen MR) is 114 cm³/mol. The van der Waals surface area contributed by atoms with Gasteiger partial charge in [-0.15, -0.1) is 0 Å². The van der Waals surface area contributed by atoms with E-state index in [1.165, 1.54) is 6.07 Å². The molecule has 2 fully saturated rings. The van der Waals surface area contributed by atoms with Crippen LogP contribution in [0.1, 0.15) is 29.5 Å². The van der Waals surface area contributed by atoms with Gasteiger partial charge in [-0.05, 0) is 48.9 Å². The van der Waals surface area contributed by atoms with Crippen molar-refractivity contribution in [3.63, 3.8) is 0 Å². The molecule has 1 amide bonds. The van der Waals surface area contributed by atoms with Crippen molar-refractivity contribution >= 4 is 11.6 Å². The number of likely N-dealkylation sites (tertiary alicyclic amines) is 1. The van der Waals surface area contributed by atoms with Crippen LogP contribution < -0.4 is 4.90 Å². The van der Waals surface area contributed by atoms with Crippen molar-refractivity contribution in [2.75, 3.05) is 37.7 Å². The van der Waals surface area contributed by atoms with E-state index in [1.807, 2.05) is 11.8 Å². The summed E-state index contributed by atoms with van der Waals surface area (Å²) in [7, 11) is 0.